The number of hydrogen-bond acceptors (Lipinski definition) is 6. The number of aromatic nitrogens is 1. The molecule has 1 aliphatic rings. The fraction of sp³-hybridized carbons (Fsp3) is 0.429. The second-order valence-corrected chi connectivity index (χ2v) is 5.91. The lowest BCUT2D eigenvalue weighted by Crippen LogP contribution is -2.48. The molecule has 0 spiro atoms. The highest BCUT2D eigenvalue weighted by Gasteiger charge is 2.30. The fourth-order valence-electron chi connectivity index (χ4n) is 1.15. The molecule has 0 aromatic carbocycles. The van der Waals surface area contributed by atoms with Crippen LogP contribution in [0.1, 0.15) is 10.5 Å². The first-order chi connectivity index (χ1) is 7.50. The molecular weight excluding hydrogens is 256 g/mol. The van der Waals surface area contributed by atoms with Crippen LogP contribution in [0.4, 0.5) is 0 Å². The summed E-state index contributed by atoms with van der Waals surface area (Å²) in [5, 5.41) is 8.75. The van der Waals surface area contributed by atoms with E-state index in [4.69, 9.17) is 9.84 Å². The summed E-state index contributed by atoms with van der Waals surface area (Å²) in [5.74, 6) is -1.36. The van der Waals surface area contributed by atoms with Crippen molar-refractivity contribution in [2.45, 2.75) is 10.3 Å². The summed E-state index contributed by atoms with van der Waals surface area (Å²) in [6, 6.07) is -0.284. The van der Waals surface area contributed by atoms with Crippen LogP contribution in [0.5, 0.6) is 0 Å². The molecule has 2 heterocycles. The zero-order valence-electron chi connectivity index (χ0n) is 7.91. The van der Waals surface area contributed by atoms with E-state index in [1.54, 1.807) is 0 Å². The molecule has 16 heavy (non-hydrogen) atoms. The first-order valence-electron chi connectivity index (χ1n) is 4.27. The maximum absolute atomic E-state index is 11.8. The molecule has 2 N–H and O–H groups in total. The van der Waals surface area contributed by atoms with E-state index in [1.807, 2.05) is 0 Å². The summed E-state index contributed by atoms with van der Waals surface area (Å²) < 4.78 is 30.4. The molecule has 9 heteroatoms. The van der Waals surface area contributed by atoms with Gasteiger partial charge in [-0.2, -0.15) is 0 Å². The molecule has 7 nitrogen and oxygen atoms in total. The Morgan fingerprint density at radius 3 is 2.81 bits per heavy atom. The van der Waals surface area contributed by atoms with E-state index >= 15 is 0 Å². The highest BCUT2D eigenvalue weighted by atomic mass is 32.2. The van der Waals surface area contributed by atoms with Crippen LogP contribution in [-0.2, 0) is 14.8 Å². The quantitative estimate of drug-likeness (QED) is 0.760. The Bertz CT molecular complexity index is 505. The van der Waals surface area contributed by atoms with Gasteiger partial charge in [-0.05, 0) is 0 Å². The SMILES string of the molecule is O=C(O)c1ncsc1S(=O)(=O)NC1COC1. The molecule has 88 valence electrons. The lowest BCUT2D eigenvalue weighted by molar-refractivity contribution is 0.00483. The van der Waals surface area contributed by atoms with Gasteiger partial charge in [0.1, 0.15) is 0 Å². The van der Waals surface area contributed by atoms with Crippen LogP contribution in [0, 0.1) is 0 Å². The van der Waals surface area contributed by atoms with Gasteiger partial charge in [-0.3, -0.25) is 0 Å². The standard InChI is InChI=1S/C7H8N2O5S2/c10-6(11)5-7(15-3-8-5)16(12,13)9-4-1-14-2-4/h3-4,9H,1-2H2,(H,10,11). The molecule has 0 saturated carbocycles. The molecule has 0 unspecified atom stereocenters. The minimum Gasteiger partial charge on any atom is -0.476 e. The van der Waals surface area contributed by atoms with Crippen molar-refractivity contribution in [3.05, 3.63) is 11.2 Å². The summed E-state index contributed by atoms with van der Waals surface area (Å²) in [6.45, 7) is 0.612. The monoisotopic (exact) mass is 264 g/mol. The number of nitrogens with one attached hydrogen (secondary N) is 1. The second kappa shape index (κ2) is 4.09. The van der Waals surface area contributed by atoms with Gasteiger partial charge in [-0.1, -0.05) is 0 Å². The third kappa shape index (κ3) is 2.07. The van der Waals surface area contributed by atoms with E-state index in [-0.39, 0.29) is 10.3 Å². The summed E-state index contributed by atoms with van der Waals surface area (Å²) in [6.07, 6.45) is 0. The molecule has 1 aromatic heterocycles. The smallest absolute Gasteiger partial charge is 0.356 e. The average molecular weight is 264 g/mol. The third-order valence-corrected chi connectivity index (χ3v) is 4.83. The third-order valence-electron chi connectivity index (χ3n) is 1.94. The zero-order chi connectivity index (χ0) is 11.8. The number of rotatable bonds is 4. The van der Waals surface area contributed by atoms with Crippen molar-refractivity contribution in [1.29, 1.82) is 0 Å². The van der Waals surface area contributed by atoms with Crippen LogP contribution in [-0.4, -0.2) is 43.7 Å². The molecular formula is C7H8N2O5S2. The number of ether oxygens (including phenoxy) is 1. The molecule has 0 bridgehead atoms. The fourth-order valence-corrected chi connectivity index (χ4v) is 3.51. The summed E-state index contributed by atoms with van der Waals surface area (Å²) >= 11 is 0.778. The van der Waals surface area contributed by atoms with Crippen LogP contribution >= 0.6 is 11.3 Å². The van der Waals surface area contributed by atoms with Crippen molar-refractivity contribution < 1.29 is 23.1 Å². The Hall–Kier alpha value is -1.03. The number of hydrogen-bond donors (Lipinski definition) is 2. The topological polar surface area (TPSA) is 106 Å². The van der Waals surface area contributed by atoms with Crippen molar-refractivity contribution in [2.75, 3.05) is 13.2 Å². The zero-order valence-corrected chi connectivity index (χ0v) is 9.55. The predicted octanol–water partition coefficient (Wildman–Crippen LogP) is -0.482. The lowest BCUT2D eigenvalue weighted by Gasteiger charge is -2.26. The Labute approximate surface area is 95.1 Å². The van der Waals surface area contributed by atoms with E-state index in [1.165, 1.54) is 5.51 Å². The molecule has 1 aliphatic heterocycles. The number of sulfonamides is 1. The van der Waals surface area contributed by atoms with E-state index in [0.717, 1.165) is 11.3 Å². The van der Waals surface area contributed by atoms with Crippen LogP contribution in [0.3, 0.4) is 0 Å². The van der Waals surface area contributed by atoms with Gasteiger partial charge < -0.3 is 9.84 Å². The van der Waals surface area contributed by atoms with Gasteiger partial charge in [0.25, 0.3) is 10.0 Å². The predicted molar refractivity (Wildman–Crippen MR) is 54.0 cm³/mol. The van der Waals surface area contributed by atoms with Gasteiger partial charge >= 0.3 is 5.97 Å². The van der Waals surface area contributed by atoms with Gasteiger partial charge in [-0.15, -0.1) is 11.3 Å². The molecule has 2 rings (SSSR count). The second-order valence-electron chi connectivity index (χ2n) is 3.15. The number of carboxylic acids is 1. The van der Waals surface area contributed by atoms with E-state index in [2.05, 4.69) is 9.71 Å². The Balaban J connectivity index is 2.27. The molecule has 1 fully saturated rings. The number of aromatic carboxylic acids is 1. The van der Waals surface area contributed by atoms with Crippen LogP contribution in [0.2, 0.25) is 0 Å². The van der Waals surface area contributed by atoms with Crippen LogP contribution in [0.15, 0.2) is 9.72 Å². The van der Waals surface area contributed by atoms with Crippen molar-refractivity contribution in [3.8, 4) is 0 Å². The van der Waals surface area contributed by atoms with E-state index in [0.29, 0.717) is 13.2 Å². The normalized spacial score (nSPS) is 17.0. The number of carbonyl (C=O) groups is 1. The minimum absolute atomic E-state index is 0.271. The van der Waals surface area contributed by atoms with E-state index in [9.17, 15) is 13.2 Å². The molecule has 0 atom stereocenters. The van der Waals surface area contributed by atoms with Crippen molar-refractivity contribution in [3.63, 3.8) is 0 Å². The van der Waals surface area contributed by atoms with Crippen molar-refractivity contribution >= 4 is 27.3 Å². The van der Waals surface area contributed by atoms with Gasteiger partial charge in [0, 0.05) is 0 Å². The number of carboxylic acid groups (broad SMARTS) is 1. The Morgan fingerprint density at radius 1 is 1.62 bits per heavy atom. The molecule has 1 saturated heterocycles. The Morgan fingerprint density at radius 2 is 2.31 bits per heavy atom. The van der Waals surface area contributed by atoms with Crippen molar-refractivity contribution in [1.82, 2.24) is 9.71 Å². The maximum atomic E-state index is 11.8. The minimum atomic E-state index is -3.81. The largest absolute Gasteiger partial charge is 0.476 e. The summed E-state index contributed by atoms with van der Waals surface area (Å²) in [7, 11) is -3.81. The van der Waals surface area contributed by atoms with E-state index < -0.39 is 21.7 Å². The molecule has 0 radical (unpaired) electrons. The molecule has 0 aliphatic carbocycles. The first kappa shape index (κ1) is 11.5. The number of thiazole rings is 1. The lowest BCUT2D eigenvalue weighted by atomic mass is 10.3. The molecule has 1 aromatic rings. The first-order valence-corrected chi connectivity index (χ1v) is 6.64. The highest BCUT2D eigenvalue weighted by molar-refractivity contribution is 7.91. The summed E-state index contributed by atoms with van der Waals surface area (Å²) in [5.41, 5.74) is 0.743. The van der Waals surface area contributed by atoms with Gasteiger partial charge in [-0.25, -0.2) is 22.9 Å². The van der Waals surface area contributed by atoms with Crippen molar-refractivity contribution in [2.24, 2.45) is 0 Å². The van der Waals surface area contributed by atoms with Gasteiger partial charge in [0.05, 0.1) is 24.8 Å². The van der Waals surface area contributed by atoms with Gasteiger partial charge in [0.15, 0.2) is 9.90 Å². The Kier molecular flexibility index (Phi) is 2.93. The highest BCUT2D eigenvalue weighted by Crippen LogP contribution is 2.20. The van der Waals surface area contributed by atoms with Gasteiger partial charge in [0.2, 0.25) is 0 Å². The number of nitrogens with zero attached hydrogens (tertiary/aromatic N) is 1. The van der Waals surface area contributed by atoms with Crippen LogP contribution < -0.4 is 4.72 Å². The molecule has 0 amide bonds. The average Bonchev–Trinajstić information content (AvgIpc) is 2.60. The van der Waals surface area contributed by atoms with Crippen LogP contribution in [0.25, 0.3) is 0 Å². The maximum Gasteiger partial charge on any atom is 0.356 e. The summed E-state index contributed by atoms with van der Waals surface area (Å²) in [4.78, 5) is 14.2.